The second-order valence-corrected chi connectivity index (χ2v) is 3.82. The van der Waals surface area contributed by atoms with Crippen LogP contribution in [0.5, 0.6) is 0 Å². The van der Waals surface area contributed by atoms with Crippen LogP contribution in [0.25, 0.3) is 0 Å². The van der Waals surface area contributed by atoms with Crippen molar-refractivity contribution in [3.05, 3.63) is 35.4 Å². The Bertz CT molecular complexity index is 486. The first-order valence-electron chi connectivity index (χ1n) is 5.70. The van der Waals surface area contributed by atoms with E-state index in [4.69, 9.17) is 10.00 Å². The number of carbonyl (C=O) groups excluding carboxylic acids is 1. The minimum absolute atomic E-state index is 0.137. The molecule has 0 aliphatic carbocycles. The summed E-state index contributed by atoms with van der Waals surface area (Å²) in [6, 6.07) is 4.69. The molecule has 1 rings (SSSR count). The summed E-state index contributed by atoms with van der Waals surface area (Å²) < 4.78 is 31.2. The van der Waals surface area contributed by atoms with E-state index in [1.165, 1.54) is 12.0 Å². The number of amides is 1. The molecule has 0 saturated carbocycles. The van der Waals surface area contributed by atoms with Gasteiger partial charge in [-0.2, -0.15) is 5.26 Å². The molecule has 1 amide bonds. The highest BCUT2D eigenvalue weighted by molar-refractivity contribution is 5.94. The SMILES string of the molecule is COCCN(CCC#N)C(=O)c1ccc(F)cc1F. The molecule has 0 spiro atoms. The molecule has 0 fully saturated rings. The molecule has 0 aliphatic heterocycles. The van der Waals surface area contributed by atoms with Crippen LogP contribution in [0, 0.1) is 23.0 Å². The smallest absolute Gasteiger partial charge is 0.256 e. The van der Waals surface area contributed by atoms with Gasteiger partial charge in [-0.25, -0.2) is 8.78 Å². The molecule has 0 unspecified atom stereocenters. The summed E-state index contributed by atoms with van der Waals surface area (Å²) in [7, 11) is 1.48. The zero-order chi connectivity index (χ0) is 14.3. The fourth-order valence-corrected chi connectivity index (χ4v) is 1.53. The van der Waals surface area contributed by atoms with Crippen LogP contribution in [0.3, 0.4) is 0 Å². The van der Waals surface area contributed by atoms with Gasteiger partial charge in [0.25, 0.3) is 5.91 Å². The number of nitriles is 1. The summed E-state index contributed by atoms with van der Waals surface area (Å²) in [5.74, 6) is -2.23. The van der Waals surface area contributed by atoms with Gasteiger partial charge in [0.2, 0.25) is 0 Å². The Labute approximate surface area is 110 Å². The fourth-order valence-electron chi connectivity index (χ4n) is 1.53. The predicted molar refractivity (Wildman–Crippen MR) is 64.4 cm³/mol. The van der Waals surface area contributed by atoms with Crippen molar-refractivity contribution in [2.24, 2.45) is 0 Å². The van der Waals surface area contributed by atoms with E-state index in [0.29, 0.717) is 6.07 Å². The summed E-state index contributed by atoms with van der Waals surface area (Å²) in [6.45, 7) is 0.698. The van der Waals surface area contributed by atoms with Crippen LogP contribution in [0.2, 0.25) is 0 Å². The number of rotatable bonds is 6. The molecule has 6 heteroatoms. The minimum Gasteiger partial charge on any atom is -0.383 e. The van der Waals surface area contributed by atoms with Crippen LogP contribution < -0.4 is 0 Å². The van der Waals surface area contributed by atoms with Gasteiger partial charge in [-0.15, -0.1) is 0 Å². The average molecular weight is 268 g/mol. The molecular formula is C13H14F2N2O2. The number of hydrogen-bond donors (Lipinski definition) is 0. The maximum absolute atomic E-state index is 13.5. The Morgan fingerprint density at radius 2 is 2.16 bits per heavy atom. The highest BCUT2D eigenvalue weighted by Gasteiger charge is 2.19. The van der Waals surface area contributed by atoms with E-state index in [9.17, 15) is 13.6 Å². The molecule has 0 atom stereocenters. The van der Waals surface area contributed by atoms with Crippen molar-refractivity contribution in [2.45, 2.75) is 6.42 Å². The largest absolute Gasteiger partial charge is 0.383 e. The number of nitrogens with zero attached hydrogens (tertiary/aromatic N) is 2. The summed E-state index contributed by atoms with van der Waals surface area (Å²) in [5, 5.41) is 8.54. The van der Waals surface area contributed by atoms with E-state index >= 15 is 0 Å². The number of hydrogen-bond acceptors (Lipinski definition) is 3. The first-order valence-corrected chi connectivity index (χ1v) is 5.70. The lowest BCUT2D eigenvalue weighted by molar-refractivity contribution is 0.0695. The molecule has 102 valence electrons. The normalized spacial score (nSPS) is 10.0. The van der Waals surface area contributed by atoms with Crippen LogP contribution in [0.4, 0.5) is 8.78 Å². The zero-order valence-electron chi connectivity index (χ0n) is 10.5. The van der Waals surface area contributed by atoms with Gasteiger partial charge in [0.05, 0.1) is 24.7 Å². The third-order valence-corrected chi connectivity index (χ3v) is 2.51. The Kier molecular flexibility index (Phi) is 5.90. The van der Waals surface area contributed by atoms with Gasteiger partial charge in [-0.3, -0.25) is 4.79 Å². The van der Waals surface area contributed by atoms with Crippen molar-refractivity contribution in [3.8, 4) is 6.07 Å². The van der Waals surface area contributed by atoms with E-state index in [1.807, 2.05) is 6.07 Å². The highest BCUT2D eigenvalue weighted by Crippen LogP contribution is 2.12. The Hall–Kier alpha value is -2.00. The Morgan fingerprint density at radius 1 is 1.42 bits per heavy atom. The lowest BCUT2D eigenvalue weighted by atomic mass is 10.1. The summed E-state index contributed by atoms with van der Waals surface area (Å²) >= 11 is 0. The third-order valence-electron chi connectivity index (χ3n) is 2.51. The molecule has 0 bridgehead atoms. The molecule has 1 aromatic carbocycles. The molecule has 1 aromatic rings. The molecule has 19 heavy (non-hydrogen) atoms. The van der Waals surface area contributed by atoms with Crippen molar-refractivity contribution in [2.75, 3.05) is 26.8 Å². The molecule has 0 saturated heterocycles. The van der Waals surface area contributed by atoms with Gasteiger partial charge in [0, 0.05) is 26.3 Å². The molecule has 0 aromatic heterocycles. The molecule has 4 nitrogen and oxygen atoms in total. The maximum atomic E-state index is 13.5. The highest BCUT2D eigenvalue weighted by atomic mass is 19.1. The molecule has 0 heterocycles. The Morgan fingerprint density at radius 3 is 2.74 bits per heavy atom. The van der Waals surface area contributed by atoms with Crippen LogP contribution in [-0.2, 0) is 4.74 Å². The number of carbonyl (C=O) groups is 1. The third kappa shape index (κ3) is 4.30. The van der Waals surface area contributed by atoms with E-state index in [-0.39, 0.29) is 31.7 Å². The summed E-state index contributed by atoms with van der Waals surface area (Å²) in [6.07, 6.45) is 0.137. The van der Waals surface area contributed by atoms with Gasteiger partial charge in [0.1, 0.15) is 11.6 Å². The van der Waals surface area contributed by atoms with Gasteiger partial charge in [-0.1, -0.05) is 0 Å². The molecule has 0 radical (unpaired) electrons. The monoisotopic (exact) mass is 268 g/mol. The first-order chi connectivity index (χ1) is 9.10. The summed E-state index contributed by atoms with van der Waals surface area (Å²) in [5.41, 5.74) is -0.213. The molecule has 0 aliphatic rings. The predicted octanol–water partition coefficient (Wildman–Crippen LogP) is 1.97. The topological polar surface area (TPSA) is 53.3 Å². The minimum atomic E-state index is -0.913. The number of methoxy groups -OCH3 is 1. The number of benzene rings is 1. The van der Waals surface area contributed by atoms with E-state index in [0.717, 1.165) is 12.1 Å². The first kappa shape index (κ1) is 15.1. The van der Waals surface area contributed by atoms with Gasteiger partial charge in [0.15, 0.2) is 0 Å². The lowest BCUT2D eigenvalue weighted by Crippen LogP contribution is -2.35. The quantitative estimate of drug-likeness (QED) is 0.792. The second kappa shape index (κ2) is 7.44. The summed E-state index contributed by atoms with van der Waals surface area (Å²) in [4.78, 5) is 13.4. The lowest BCUT2D eigenvalue weighted by Gasteiger charge is -2.21. The Balaban J connectivity index is 2.88. The number of ether oxygens (including phenoxy) is 1. The van der Waals surface area contributed by atoms with Crippen LogP contribution >= 0.6 is 0 Å². The average Bonchev–Trinajstić information content (AvgIpc) is 2.38. The van der Waals surface area contributed by atoms with Gasteiger partial charge in [-0.05, 0) is 12.1 Å². The zero-order valence-corrected chi connectivity index (χ0v) is 10.5. The van der Waals surface area contributed by atoms with Crippen LogP contribution in [-0.4, -0.2) is 37.6 Å². The van der Waals surface area contributed by atoms with Crippen molar-refractivity contribution >= 4 is 5.91 Å². The van der Waals surface area contributed by atoms with Gasteiger partial charge >= 0.3 is 0 Å². The second-order valence-electron chi connectivity index (χ2n) is 3.82. The van der Waals surface area contributed by atoms with Crippen LogP contribution in [0.15, 0.2) is 18.2 Å². The van der Waals surface area contributed by atoms with Crippen LogP contribution in [0.1, 0.15) is 16.8 Å². The van der Waals surface area contributed by atoms with E-state index < -0.39 is 17.5 Å². The molecule has 0 N–H and O–H groups in total. The van der Waals surface area contributed by atoms with Crippen molar-refractivity contribution in [1.29, 1.82) is 5.26 Å². The fraction of sp³-hybridized carbons (Fsp3) is 0.385. The van der Waals surface area contributed by atoms with Crippen molar-refractivity contribution in [1.82, 2.24) is 4.90 Å². The van der Waals surface area contributed by atoms with Gasteiger partial charge < -0.3 is 9.64 Å². The van der Waals surface area contributed by atoms with E-state index in [1.54, 1.807) is 0 Å². The van der Waals surface area contributed by atoms with Crippen molar-refractivity contribution < 1.29 is 18.3 Å². The molecular weight excluding hydrogens is 254 g/mol. The van der Waals surface area contributed by atoms with E-state index in [2.05, 4.69) is 0 Å². The maximum Gasteiger partial charge on any atom is 0.256 e. The van der Waals surface area contributed by atoms with Crippen molar-refractivity contribution in [3.63, 3.8) is 0 Å². The number of halogens is 2. The standard InChI is InChI=1S/C13H14F2N2O2/c1-19-8-7-17(6-2-5-16)13(18)11-4-3-10(14)9-12(11)15/h3-4,9H,2,6-8H2,1H3.